The Kier molecular flexibility index (Phi) is 20.8. The predicted molar refractivity (Wildman–Crippen MR) is 179 cm³/mol. The Balaban J connectivity index is 2.79. The molecule has 0 radical (unpaired) electrons. The summed E-state index contributed by atoms with van der Waals surface area (Å²) in [4.78, 5) is 103. The Morgan fingerprint density at radius 3 is 1.84 bits per heavy atom. The largest absolute Gasteiger partial charge is 0.481 e. The van der Waals surface area contributed by atoms with E-state index >= 15 is 0 Å². The summed E-state index contributed by atoms with van der Waals surface area (Å²) in [6, 6.07) is -5.93. The number of aliphatic hydroxyl groups excluding tert-OH is 1. The van der Waals surface area contributed by atoms with Crippen LogP contribution in [-0.2, 0) is 38.4 Å². The van der Waals surface area contributed by atoms with Crippen molar-refractivity contribution in [3.63, 3.8) is 0 Å². The molecule has 0 bridgehead atoms. The molecule has 1 saturated heterocycles. The van der Waals surface area contributed by atoms with Crippen molar-refractivity contribution in [2.24, 2.45) is 22.2 Å². The highest BCUT2D eigenvalue weighted by Crippen LogP contribution is 2.06. The van der Waals surface area contributed by atoms with Gasteiger partial charge in [-0.25, -0.2) is 4.79 Å². The first-order chi connectivity index (χ1) is 24.2. The summed E-state index contributed by atoms with van der Waals surface area (Å²) in [6.07, 6.45) is 1.57. The number of nitrogens with zero attached hydrogens (tertiary/aromatic N) is 1. The zero-order chi connectivity index (χ0) is 38.3. The van der Waals surface area contributed by atoms with E-state index in [1.54, 1.807) is 0 Å². The zero-order valence-corrected chi connectivity index (χ0v) is 28.3. The van der Waals surface area contributed by atoms with Crippen LogP contribution >= 0.6 is 0 Å². The Hall–Kier alpha value is -5.09. The number of aliphatic imine (C=N–C) groups is 1. The lowest BCUT2D eigenvalue weighted by Gasteiger charge is -2.23. The highest BCUT2D eigenvalue weighted by molar-refractivity contribution is 5.95. The molecule has 16 N–H and O–H groups in total. The Morgan fingerprint density at radius 1 is 0.745 bits per heavy atom. The average molecular weight is 730 g/mol. The first kappa shape index (κ1) is 43.9. The van der Waals surface area contributed by atoms with Gasteiger partial charge in [0.2, 0.25) is 35.4 Å². The SMILES string of the molecule is NCCCC[C@H](NC(=O)CNC(=O)[C@@H](CCC(=O)O)NC(=O)[C@H](CO)NC(=O)[C@@H]1CCCN1)C(=O)NCC(=O)N[C@@H](CCCN=C(N)N)C(=O)O. The fourth-order valence-corrected chi connectivity index (χ4v) is 4.78. The third kappa shape index (κ3) is 18.5. The van der Waals surface area contributed by atoms with Gasteiger partial charge in [0.25, 0.3) is 0 Å². The van der Waals surface area contributed by atoms with E-state index < -0.39 is 110 Å². The first-order valence-corrected chi connectivity index (χ1v) is 16.5. The van der Waals surface area contributed by atoms with Crippen molar-refractivity contribution >= 4 is 53.3 Å². The third-order valence-corrected chi connectivity index (χ3v) is 7.50. The molecule has 1 aliphatic rings. The van der Waals surface area contributed by atoms with Crippen molar-refractivity contribution in [3.05, 3.63) is 0 Å². The molecular formula is C29H51N11O11. The summed E-state index contributed by atoms with van der Waals surface area (Å²) < 4.78 is 0. The van der Waals surface area contributed by atoms with Gasteiger partial charge < -0.3 is 69.7 Å². The average Bonchev–Trinajstić information content (AvgIpc) is 3.63. The second kappa shape index (κ2) is 24.1. The number of hydrogen-bond acceptors (Lipinski definition) is 12. The molecule has 5 atom stereocenters. The highest BCUT2D eigenvalue weighted by atomic mass is 16.4. The molecule has 0 spiro atoms. The molecule has 1 heterocycles. The summed E-state index contributed by atoms with van der Waals surface area (Å²) in [7, 11) is 0. The lowest BCUT2D eigenvalue weighted by Crippen LogP contribution is -2.57. The molecule has 0 aliphatic carbocycles. The van der Waals surface area contributed by atoms with Gasteiger partial charge in [-0.3, -0.25) is 38.6 Å². The molecular weight excluding hydrogens is 678 g/mol. The van der Waals surface area contributed by atoms with Crippen molar-refractivity contribution in [1.29, 1.82) is 0 Å². The van der Waals surface area contributed by atoms with Crippen LogP contribution in [0.25, 0.3) is 0 Å². The van der Waals surface area contributed by atoms with Crippen molar-refractivity contribution in [3.8, 4) is 0 Å². The first-order valence-electron chi connectivity index (χ1n) is 16.5. The quantitative estimate of drug-likeness (QED) is 0.0236. The minimum Gasteiger partial charge on any atom is -0.481 e. The molecule has 22 nitrogen and oxygen atoms in total. The van der Waals surface area contributed by atoms with Gasteiger partial charge in [0.1, 0.15) is 24.2 Å². The summed E-state index contributed by atoms with van der Waals surface area (Å²) in [6.45, 7) is -1.09. The number of guanidine groups is 1. The van der Waals surface area contributed by atoms with Crippen LogP contribution in [0.5, 0.6) is 0 Å². The minimum absolute atomic E-state index is 0.00680. The van der Waals surface area contributed by atoms with Crippen LogP contribution in [0.1, 0.15) is 57.8 Å². The van der Waals surface area contributed by atoms with E-state index in [4.69, 9.17) is 22.3 Å². The van der Waals surface area contributed by atoms with Crippen LogP contribution in [0.15, 0.2) is 4.99 Å². The second-order valence-corrected chi connectivity index (χ2v) is 11.6. The van der Waals surface area contributed by atoms with Crippen molar-refractivity contribution < 1.29 is 53.7 Å². The fraction of sp³-hybridized carbons (Fsp3) is 0.690. The van der Waals surface area contributed by atoms with Gasteiger partial charge in [-0.15, -0.1) is 0 Å². The van der Waals surface area contributed by atoms with Gasteiger partial charge in [0, 0.05) is 13.0 Å². The lowest BCUT2D eigenvalue weighted by atomic mass is 10.1. The second-order valence-electron chi connectivity index (χ2n) is 11.6. The molecule has 0 aromatic carbocycles. The van der Waals surface area contributed by atoms with E-state index in [1.165, 1.54) is 0 Å². The van der Waals surface area contributed by atoms with Crippen LogP contribution < -0.4 is 54.4 Å². The predicted octanol–water partition coefficient (Wildman–Crippen LogP) is -5.97. The fourth-order valence-electron chi connectivity index (χ4n) is 4.78. The van der Waals surface area contributed by atoms with Gasteiger partial charge in [0.05, 0.1) is 25.7 Å². The maximum atomic E-state index is 12.9. The van der Waals surface area contributed by atoms with Crippen LogP contribution in [0.4, 0.5) is 0 Å². The van der Waals surface area contributed by atoms with Gasteiger partial charge in [0.15, 0.2) is 5.96 Å². The number of aliphatic carboxylic acids is 2. The number of unbranched alkanes of at least 4 members (excludes halogenated alkanes) is 1. The summed E-state index contributed by atoms with van der Waals surface area (Å²) in [5.74, 6) is -7.64. The number of carbonyl (C=O) groups is 8. The Bertz CT molecular complexity index is 1240. The number of aliphatic hydroxyl groups is 1. The zero-order valence-electron chi connectivity index (χ0n) is 28.3. The number of nitrogens with two attached hydrogens (primary N) is 3. The maximum absolute atomic E-state index is 12.9. The maximum Gasteiger partial charge on any atom is 0.326 e. The van der Waals surface area contributed by atoms with Crippen molar-refractivity contribution in [2.75, 3.05) is 39.3 Å². The van der Waals surface area contributed by atoms with E-state index in [-0.39, 0.29) is 31.8 Å². The van der Waals surface area contributed by atoms with E-state index in [1.807, 2.05) is 0 Å². The monoisotopic (exact) mass is 729 g/mol. The third-order valence-electron chi connectivity index (χ3n) is 7.50. The van der Waals surface area contributed by atoms with Crippen LogP contribution in [0.3, 0.4) is 0 Å². The van der Waals surface area contributed by atoms with E-state index in [0.717, 1.165) is 6.42 Å². The Labute approximate surface area is 293 Å². The highest BCUT2D eigenvalue weighted by Gasteiger charge is 2.30. The lowest BCUT2D eigenvalue weighted by molar-refractivity contribution is -0.142. The molecule has 22 heteroatoms. The number of rotatable bonds is 25. The molecule has 0 aromatic heterocycles. The van der Waals surface area contributed by atoms with Gasteiger partial charge in [-0.05, 0) is 64.5 Å². The van der Waals surface area contributed by atoms with E-state index in [2.05, 4.69) is 42.2 Å². The molecule has 6 amide bonds. The summed E-state index contributed by atoms with van der Waals surface area (Å²) in [5, 5.41) is 45.1. The molecule has 1 rings (SSSR count). The molecule has 1 aliphatic heterocycles. The number of carboxylic acids is 2. The standard InChI is InChI=1S/C29H51N11O11/c30-10-2-1-5-17(24(46)35-14-22(43)38-19(28(50)51)7-4-12-34-29(31)32)37-21(42)13-36-25(47)18(8-9-23(44)45)39-27(49)20(15-41)40-26(48)16-6-3-11-33-16/h16-20,33,41H,1-15,30H2,(H,35,46)(H,36,47)(H,37,42)(H,38,43)(H,39,49)(H,40,48)(H,44,45)(H,50,51)(H4,31,32,34)/t16-,17-,18+,19-,20-/m0/s1. The number of carboxylic acid groups (broad SMARTS) is 2. The van der Waals surface area contributed by atoms with Crippen molar-refractivity contribution in [1.82, 2.24) is 37.2 Å². The topological polar surface area (TPSA) is 372 Å². The summed E-state index contributed by atoms with van der Waals surface area (Å²) >= 11 is 0. The number of hydrogen-bond donors (Lipinski definition) is 13. The van der Waals surface area contributed by atoms with Gasteiger partial charge >= 0.3 is 11.9 Å². The molecule has 0 unspecified atom stereocenters. The summed E-state index contributed by atoms with van der Waals surface area (Å²) in [5.41, 5.74) is 16.0. The molecule has 51 heavy (non-hydrogen) atoms. The number of nitrogens with one attached hydrogen (secondary N) is 7. The molecule has 1 fully saturated rings. The smallest absolute Gasteiger partial charge is 0.326 e. The van der Waals surface area contributed by atoms with Crippen LogP contribution in [0.2, 0.25) is 0 Å². The van der Waals surface area contributed by atoms with Crippen LogP contribution in [-0.4, -0.2) is 138 Å². The van der Waals surface area contributed by atoms with Crippen molar-refractivity contribution in [2.45, 2.75) is 88.0 Å². The van der Waals surface area contributed by atoms with Crippen LogP contribution in [0, 0.1) is 0 Å². The van der Waals surface area contributed by atoms with Gasteiger partial charge in [-0.2, -0.15) is 0 Å². The van der Waals surface area contributed by atoms with E-state index in [0.29, 0.717) is 32.4 Å². The normalized spacial score (nSPS) is 15.9. The van der Waals surface area contributed by atoms with Gasteiger partial charge in [-0.1, -0.05) is 0 Å². The molecule has 0 aromatic rings. The number of amides is 6. The Morgan fingerprint density at radius 2 is 1.33 bits per heavy atom. The minimum atomic E-state index is -1.47. The molecule has 0 saturated carbocycles. The molecule has 288 valence electrons. The van der Waals surface area contributed by atoms with E-state index in [9.17, 15) is 48.6 Å². The number of carbonyl (C=O) groups excluding carboxylic acids is 6.